The molecule has 3 aromatic carbocycles. The molecule has 5 rings (SSSR count). The molecule has 0 spiro atoms. The van der Waals surface area contributed by atoms with Gasteiger partial charge in [0.1, 0.15) is 7.05 Å². The number of para-hydroxylation sites is 1. The van der Waals surface area contributed by atoms with Gasteiger partial charge >= 0.3 is 0 Å². The van der Waals surface area contributed by atoms with E-state index in [2.05, 4.69) is 84.2 Å². The molecule has 0 amide bonds. The Hall–Kier alpha value is -2.65. The zero-order valence-corrected chi connectivity index (χ0v) is 14.7. The fourth-order valence-corrected chi connectivity index (χ4v) is 5.23. The quantitative estimate of drug-likeness (QED) is 0.406. The molecule has 0 saturated heterocycles. The van der Waals surface area contributed by atoms with E-state index in [1.165, 1.54) is 49.1 Å². The van der Waals surface area contributed by atoms with Crippen molar-refractivity contribution in [1.82, 2.24) is 4.98 Å². The first-order chi connectivity index (χ1) is 11.7. The summed E-state index contributed by atoms with van der Waals surface area (Å²) in [5, 5.41) is 5.50. The lowest BCUT2D eigenvalue weighted by Gasteiger charge is -2.02. The summed E-state index contributed by atoms with van der Waals surface area (Å²) in [4.78, 5) is 3.56. The van der Waals surface area contributed by atoms with Crippen LogP contribution in [0.2, 0.25) is 0 Å². The molecule has 2 nitrogen and oxygen atoms in total. The summed E-state index contributed by atoms with van der Waals surface area (Å²) in [6.45, 7) is 2.20. The van der Waals surface area contributed by atoms with Gasteiger partial charge in [-0.25, -0.2) is 4.58 Å². The summed E-state index contributed by atoms with van der Waals surface area (Å²) in [6.07, 6.45) is 0. The molecule has 2 heterocycles. The van der Waals surface area contributed by atoms with Gasteiger partial charge in [-0.05, 0) is 30.7 Å². The van der Waals surface area contributed by atoms with Gasteiger partial charge in [-0.3, -0.25) is 0 Å². The van der Waals surface area contributed by atoms with Gasteiger partial charge in [-0.2, -0.15) is 0 Å². The second kappa shape index (κ2) is 4.92. The lowest BCUT2D eigenvalue weighted by molar-refractivity contribution is -0.398. The van der Waals surface area contributed by atoms with Crippen molar-refractivity contribution in [3.05, 3.63) is 71.8 Å². The van der Waals surface area contributed by atoms with Crippen molar-refractivity contribution >= 4 is 47.5 Å². The molecule has 1 aliphatic heterocycles. The zero-order chi connectivity index (χ0) is 16.3. The number of hydrogen-bond acceptors (Lipinski definition) is 0. The van der Waals surface area contributed by atoms with Crippen LogP contribution < -0.4 is 5.19 Å². The van der Waals surface area contributed by atoms with Crippen LogP contribution in [0.4, 0.5) is 5.69 Å². The van der Waals surface area contributed by atoms with Crippen molar-refractivity contribution in [3.8, 4) is 0 Å². The van der Waals surface area contributed by atoms with Crippen LogP contribution in [0.1, 0.15) is 11.1 Å². The monoisotopic (exact) mass is 325 g/mol. The van der Waals surface area contributed by atoms with Crippen LogP contribution >= 0.6 is 0 Å². The van der Waals surface area contributed by atoms with Gasteiger partial charge in [0.25, 0.3) is 0 Å². The third kappa shape index (κ3) is 1.85. The van der Waals surface area contributed by atoms with E-state index in [9.17, 15) is 0 Å². The number of aromatic amines is 1. The Morgan fingerprint density at radius 2 is 1.67 bits per heavy atom. The molecule has 1 aromatic heterocycles. The van der Waals surface area contributed by atoms with Crippen molar-refractivity contribution in [1.29, 1.82) is 0 Å². The van der Waals surface area contributed by atoms with Crippen LogP contribution in [0, 0.1) is 6.92 Å². The standard InChI is InChI=1S/C21H17N2Si/c1-13-7-3-4-8-14(13)21-23(2)19-12-18-16(11-20(19)24-21)15-9-5-6-10-17(15)22-18/h3-12,22H,1-2H3/q+1. The Morgan fingerprint density at radius 1 is 0.875 bits per heavy atom. The van der Waals surface area contributed by atoms with E-state index in [1.807, 2.05) is 0 Å². The van der Waals surface area contributed by atoms with E-state index in [0.717, 1.165) is 0 Å². The first-order valence-electron chi connectivity index (χ1n) is 8.20. The van der Waals surface area contributed by atoms with E-state index in [-0.39, 0.29) is 0 Å². The van der Waals surface area contributed by atoms with Gasteiger partial charge < -0.3 is 4.98 Å². The number of aryl methyl sites for hydroxylation is 1. The lowest BCUT2D eigenvalue weighted by Crippen LogP contribution is -2.21. The van der Waals surface area contributed by atoms with Crippen LogP contribution in [0.3, 0.4) is 0 Å². The van der Waals surface area contributed by atoms with Crippen molar-refractivity contribution in [2.75, 3.05) is 7.05 Å². The first-order valence-corrected chi connectivity index (χ1v) is 9.20. The van der Waals surface area contributed by atoms with Crippen molar-refractivity contribution in [3.63, 3.8) is 0 Å². The highest BCUT2D eigenvalue weighted by atomic mass is 28.2. The summed E-state index contributed by atoms with van der Waals surface area (Å²) in [6, 6.07) is 21.9. The van der Waals surface area contributed by atoms with Gasteiger partial charge in [-0.15, -0.1) is 0 Å². The molecule has 1 aliphatic rings. The molecule has 0 bridgehead atoms. The molecule has 2 radical (unpaired) electrons. The van der Waals surface area contributed by atoms with Crippen LogP contribution in [0.25, 0.3) is 21.8 Å². The Morgan fingerprint density at radius 3 is 2.54 bits per heavy atom. The number of rotatable bonds is 1. The summed E-state index contributed by atoms with van der Waals surface area (Å²) in [5.74, 6) is 0. The van der Waals surface area contributed by atoms with E-state index in [0.29, 0.717) is 9.52 Å². The van der Waals surface area contributed by atoms with E-state index in [1.54, 1.807) is 0 Å². The maximum absolute atomic E-state index is 3.56. The fraction of sp³-hybridized carbons (Fsp3) is 0.0952. The maximum Gasteiger partial charge on any atom is 0.223 e. The van der Waals surface area contributed by atoms with E-state index in [4.69, 9.17) is 0 Å². The second-order valence-corrected chi connectivity index (χ2v) is 7.70. The van der Waals surface area contributed by atoms with Gasteiger partial charge in [0.2, 0.25) is 15.2 Å². The summed E-state index contributed by atoms with van der Waals surface area (Å²) < 4.78 is 2.36. The maximum atomic E-state index is 3.56. The average molecular weight is 325 g/mol. The third-order valence-electron chi connectivity index (χ3n) is 4.97. The van der Waals surface area contributed by atoms with E-state index >= 15 is 0 Å². The summed E-state index contributed by atoms with van der Waals surface area (Å²) in [5.41, 5.74) is 6.47. The summed E-state index contributed by atoms with van der Waals surface area (Å²) >= 11 is 0. The number of aromatic nitrogens is 1. The average Bonchev–Trinajstić information content (AvgIpc) is 3.11. The smallest absolute Gasteiger partial charge is 0.223 e. The van der Waals surface area contributed by atoms with Crippen LogP contribution in [-0.2, 0) is 0 Å². The van der Waals surface area contributed by atoms with Gasteiger partial charge in [0, 0.05) is 33.1 Å². The molecule has 114 valence electrons. The normalized spacial score (nSPS) is 13.9. The van der Waals surface area contributed by atoms with Crippen molar-refractivity contribution in [2.45, 2.75) is 6.92 Å². The number of fused-ring (bicyclic) bond motifs is 4. The minimum Gasteiger partial charge on any atom is -0.354 e. The van der Waals surface area contributed by atoms with Crippen molar-refractivity contribution < 1.29 is 4.58 Å². The third-order valence-corrected chi connectivity index (χ3v) is 6.48. The second-order valence-electron chi connectivity index (χ2n) is 6.43. The predicted octanol–water partition coefficient (Wildman–Crippen LogP) is 3.69. The minimum absolute atomic E-state index is 0.701. The van der Waals surface area contributed by atoms with Crippen LogP contribution in [-0.4, -0.2) is 31.5 Å². The summed E-state index contributed by atoms with van der Waals surface area (Å²) in [7, 11) is 2.89. The molecule has 1 N–H and O–H groups in total. The van der Waals surface area contributed by atoms with Gasteiger partial charge in [0.15, 0.2) is 5.33 Å². The molecule has 0 aliphatic carbocycles. The molecule has 0 saturated carbocycles. The molecule has 0 atom stereocenters. The first kappa shape index (κ1) is 13.8. The number of benzene rings is 3. The highest BCUT2D eigenvalue weighted by Gasteiger charge is 2.31. The minimum atomic E-state index is 0.701. The Bertz CT molecular complexity index is 1150. The SMILES string of the molecule is Cc1ccccc1C1=[N+](C)c2cc3[nH]c4ccccc4c3cc2[Si]1. The number of nitrogens with zero attached hydrogens (tertiary/aromatic N) is 1. The van der Waals surface area contributed by atoms with Crippen LogP contribution in [0.5, 0.6) is 0 Å². The zero-order valence-electron chi connectivity index (χ0n) is 13.7. The highest BCUT2D eigenvalue weighted by Crippen LogP contribution is 2.29. The number of hydrogen-bond donors (Lipinski definition) is 1. The predicted molar refractivity (Wildman–Crippen MR) is 102 cm³/mol. The molecular weight excluding hydrogens is 308 g/mol. The highest BCUT2D eigenvalue weighted by molar-refractivity contribution is 6.89. The van der Waals surface area contributed by atoms with E-state index < -0.39 is 0 Å². The number of nitrogens with one attached hydrogen (secondary N) is 1. The Kier molecular flexibility index (Phi) is 2.82. The topological polar surface area (TPSA) is 18.8 Å². The Balaban J connectivity index is 1.74. The molecule has 0 fully saturated rings. The Labute approximate surface area is 143 Å². The van der Waals surface area contributed by atoms with Gasteiger partial charge in [0.05, 0.1) is 5.52 Å². The molecule has 0 unspecified atom stereocenters. The number of H-pyrrole nitrogens is 1. The molecule has 4 aromatic rings. The largest absolute Gasteiger partial charge is 0.354 e. The van der Waals surface area contributed by atoms with Crippen LogP contribution in [0.15, 0.2) is 60.7 Å². The molecule has 24 heavy (non-hydrogen) atoms. The van der Waals surface area contributed by atoms with Gasteiger partial charge in [-0.1, -0.05) is 36.4 Å². The lowest BCUT2D eigenvalue weighted by atomic mass is 10.1. The fourth-order valence-electron chi connectivity index (χ4n) is 3.68. The van der Waals surface area contributed by atoms with Crippen molar-refractivity contribution in [2.24, 2.45) is 0 Å². The molecular formula is C21H17N2Si+. The molecule has 3 heteroatoms.